The molecule has 6 nitrogen and oxygen atoms in total. The van der Waals surface area contributed by atoms with Crippen molar-refractivity contribution in [3.05, 3.63) is 41.5 Å². The van der Waals surface area contributed by atoms with Crippen molar-refractivity contribution in [2.24, 2.45) is 11.8 Å². The molecule has 0 aromatic heterocycles. The first-order chi connectivity index (χ1) is 11.4. The summed E-state index contributed by atoms with van der Waals surface area (Å²) in [5.74, 6) is -2.72. The number of carboxylic acid groups (broad SMARTS) is 1. The lowest BCUT2D eigenvalue weighted by atomic mass is 9.82. The van der Waals surface area contributed by atoms with Gasteiger partial charge in [0.15, 0.2) is 0 Å². The zero-order valence-corrected chi connectivity index (χ0v) is 13.8. The topological polar surface area (TPSA) is 95.5 Å². The SMILES string of the molecule is CCNC(=O)c1ccc(NC(=O)[C@@H]2CC=CC[C@H]2C(=O)O)c(C)c1. The molecule has 128 valence electrons. The summed E-state index contributed by atoms with van der Waals surface area (Å²) in [6, 6.07) is 5.02. The van der Waals surface area contributed by atoms with Gasteiger partial charge in [-0.1, -0.05) is 12.2 Å². The Morgan fingerprint density at radius 3 is 2.42 bits per heavy atom. The molecule has 0 bridgehead atoms. The molecule has 3 N–H and O–H groups in total. The first-order valence-corrected chi connectivity index (χ1v) is 8.01. The highest BCUT2D eigenvalue weighted by Gasteiger charge is 2.34. The lowest BCUT2D eigenvalue weighted by Crippen LogP contribution is -2.34. The molecule has 0 unspecified atom stereocenters. The lowest BCUT2D eigenvalue weighted by Gasteiger charge is -2.24. The van der Waals surface area contributed by atoms with Crippen LogP contribution in [0.15, 0.2) is 30.4 Å². The number of nitrogens with one attached hydrogen (secondary N) is 2. The molecule has 0 fully saturated rings. The van der Waals surface area contributed by atoms with Crippen LogP contribution in [-0.4, -0.2) is 29.4 Å². The Kier molecular flexibility index (Phi) is 5.73. The largest absolute Gasteiger partial charge is 0.481 e. The summed E-state index contributed by atoms with van der Waals surface area (Å²) in [5, 5.41) is 14.8. The number of hydrogen-bond donors (Lipinski definition) is 3. The highest BCUT2D eigenvalue weighted by atomic mass is 16.4. The predicted molar refractivity (Wildman–Crippen MR) is 90.8 cm³/mol. The van der Waals surface area contributed by atoms with Gasteiger partial charge in [0, 0.05) is 17.8 Å². The molecule has 6 heteroatoms. The van der Waals surface area contributed by atoms with Crippen molar-refractivity contribution in [1.29, 1.82) is 0 Å². The molecule has 24 heavy (non-hydrogen) atoms. The summed E-state index contributed by atoms with van der Waals surface area (Å²) >= 11 is 0. The Labute approximate surface area is 140 Å². The number of carbonyl (C=O) groups excluding carboxylic acids is 2. The van der Waals surface area contributed by atoms with Gasteiger partial charge in [0.2, 0.25) is 5.91 Å². The van der Waals surface area contributed by atoms with Gasteiger partial charge in [-0.15, -0.1) is 0 Å². The van der Waals surface area contributed by atoms with Gasteiger partial charge in [-0.3, -0.25) is 14.4 Å². The van der Waals surface area contributed by atoms with E-state index in [0.717, 1.165) is 5.56 Å². The summed E-state index contributed by atoms with van der Waals surface area (Å²) in [7, 11) is 0. The van der Waals surface area contributed by atoms with Crippen LogP contribution in [0.1, 0.15) is 35.7 Å². The molecule has 1 aliphatic carbocycles. The summed E-state index contributed by atoms with van der Waals surface area (Å²) in [4.78, 5) is 35.6. The molecule has 2 atom stereocenters. The van der Waals surface area contributed by atoms with Gasteiger partial charge in [-0.2, -0.15) is 0 Å². The molecule has 0 saturated carbocycles. The van der Waals surface area contributed by atoms with Crippen LogP contribution in [0, 0.1) is 18.8 Å². The van der Waals surface area contributed by atoms with Crippen LogP contribution in [0.25, 0.3) is 0 Å². The number of benzene rings is 1. The molecule has 1 aliphatic rings. The Balaban J connectivity index is 2.12. The van der Waals surface area contributed by atoms with Crippen LogP contribution in [0.3, 0.4) is 0 Å². The maximum Gasteiger partial charge on any atom is 0.307 e. The van der Waals surface area contributed by atoms with Gasteiger partial charge < -0.3 is 15.7 Å². The number of hydrogen-bond acceptors (Lipinski definition) is 3. The van der Waals surface area contributed by atoms with E-state index in [1.807, 2.05) is 13.0 Å². The molecule has 0 aliphatic heterocycles. The standard InChI is InChI=1S/C18H22N2O4/c1-3-19-16(21)12-8-9-15(11(2)10-12)20-17(22)13-6-4-5-7-14(13)18(23)24/h4-5,8-10,13-14H,3,6-7H2,1-2H3,(H,19,21)(H,20,22)(H,23,24)/t13-,14-/m1/s1. The number of allylic oxidation sites excluding steroid dienone is 2. The van der Waals surface area contributed by atoms with Crippen LogP contribution in [0.4, 0.5) is 5.69 Å². The Bertz CT molecular complexity index is 682. The number of rotatable bonds is 5. The summed E-state index contributed by atoms with van der Waals surface area (Å²) in [6.45, 7) is 4.19. The number of carbonyl (C=O) groups is 3. The Morgan fingerprint density at radius 2 is 1.83 bits per heavy atom. The average molecular weight is 330 g/mol. The van der Waals surface area contributed by atoms with E-state index in [0.29, 0.717) is 30.6 Å². The molecule has 1 aromatic rings. The van der Waals surface area contributed by atoms with Gasteiger partial charge in [0.25, 0.3) is 5.91 Å². The molecular weight excluding hydrogens is 308 g/mol. The van der Waals surface area contributed by atoms with Crippen LogP contribution in [0.5, 0.6) is 0 Å². The molecule has 0 spiro atoms. The Morgan fingerprint density at radius 1 is 1.17 bits per heavy atom. The third-order valence-corrected chi connectivity index (χ3v) is 4.17. The second kappa shape index (κ2) is 7.77. The molecule has 0 radical (unpaired) electrons. The third kappa shape index (κ3) is 4.01. The molecular formula is C18H22N2O4. The minimum absolute atomic E-state index is 0.165. The summed E-state index contributed by atoms with van der Waals surface area (Å²) in [5.41, 5.74) is 1.87. The minimum atomic E-state index is -0.956. The first-order valence-electron chi connectivity index (χ1n) is 8.01. The van der Waals surface area contributed by atoms with E-state index in [2.05, 4.69) is 10.6 Å². The van der Waals surface area contributed by atoms with Crippen molar-refractivity contribution in [2.45, 2.75) is 26.7 Å². The predicted octanol–water partition coefficient (Wildman–Crippen LogP) is 2.35. The zero-order chi connectivity index (χ0) is 17.7. The van der Waals surface area contributed by atoms with Gasteiger partial charge in [0.05, 0.1) is 11.8 Å². The van der Waals surface area contributed by atoms with Gasteiger partial charge >= 0.3 is 5.97 Å². The van der Waals surface area contributed by atoms with Crippen molar-refractivity contribution in [1.82, 2.24) is 5.32 Å². The van der Waals surface area contributed by atoms with E-state index < -0.39 is 17.8 Å². The highest BCUT2D eigenvalue weighted by Crippen LogP contribution is 2.28. The number of anilines is 1. The van der Waals surface area contributed by atoms with E-state index in [4.69, 9.17) is 0 Å². The summed E-state index contributed by atoms with van der Waals surface area (Å²) in [6.07, 6.45) is 4.42. The summed E-state index contributed by atoms with van der Waals surface area (Å²) < 4.78 is 0. The van der Waals surface area contributed by atoms with Crippen molar-refractivity contribution in [2.75, 3.05) is 11.9 Å². The quantitative estimate of drug-likeness (QED) is 0.722. The third-order valence-electron chi connectivity index (χ3n) is 4.17. The fourth-order valence-corrected chi connectivity index (χ4v) is 2.81. The first kappa shape index (κ1) is 17.7. The van der Waals surface area contributed by atoms with E-state index in [1.165, 1.54) is 0 Å². The number of aliphatic carboxylic acids is 1. The molecule has 2 rings (SSSR count). The van der Waals surface area contributed by atoms with E-state index >= 15 is 0 Å². The van der Waals surface area contributed by atoms with Crippen LogP contribution in [0.2, 0.25) is 0 Å². The second-order valence-electron chi connectivity index (χ2n) is 5.87. The maximum atomic E-state index is 12.5. The van der Waals surface area contributed by atoms with Crippen molar-refractivity contribution < 1.29 is 19.5 Å². The van der Waals surface area contributed by atoms with Gasteiger partial charge in [-0.25, -0.2) is 0 Å². The van der Waals surface area contributed by atoms with Crippen molar-refractivity contribution in [3.8, 4) is 0 Å². The van der Waals surface area contributed by atoms with Gasteiger partial charge in [-0.05, 0) is 50.5 Å². The monoisotopic (exact) mass is 330 g/mol. The molecule has 0 saturated heterocycles. The average Bonchev–Trinajstić information content (AvgIpc) is 2.56. The second-order valence-corrected chi connectivity index (χ2v) is 5.87. The lowest BCUT2D eigenvalue weighted by molar-refractivity contribution is -0.146. The van der Waals surface area contributed by atoms with Crippen LogP contribution >= 0.6 is 0 Å². The van der Waals surface area contributed by atoms with E-state index in [1.54, 1.807) is 31.2 Å². The smallest absolute Gasteiger partial charge is 0.307 e. The van der Waals surface area contributed by atoms with E-state index in [-0.39, 0.29) is 11.8 Å². The van der Waals surface area contributed by atoms with E-state index in [9.17, 15) is 19.5 Å². The fourth-order valence-electron chi connectivity index (χ4n) is 2.81. The maximum absolute atomic E-state index is 12.5. The van der Waals surface area contributed by atoms with Crippen molar-refractivity contribution in [3.63, 3.8) is 0 Å². The minimum Gasteiger partial charge on any atom is -0.481 e. The molecule has 2 amide bonds. The highest BCUT2D eigenvalue weighted by molar-refractivity contribution is 5.98. The zero-order valence-electron chi connectivity index (χ0n) is 13.8. The number of amides is 2. The van der Waals surface area contributed by atoms with Crippen molar-refractivity contribution >= 4 is 23.5 Å². The van der Waals surface area contributed by atoms with Crippen LogP contribution < -0.4 is 10.6 Å². The van der Waals surface area contributed by atoms with Gasteiger partial charge in [0.1, 0.15) is 0 Å². The molecule has 0 heterocycles. The Hall–Kier alpha value is -2.63. The normalized spacial score (nSPS) is 19.6. The van der Waals surface area contributed by atoms with Crippen LogP contribution in [-0.2, 0) is 9.59 Å². The fraction of sp³-hybridized carbons (Fsp3) is 0.389. The number of carboxylic acids is 1. The molecule has 1 aromatic carbocycles. The number of aryl methyl sites for hydroxylation is 1.